The van der Waals surface area contributed by atoms with Crippen molar-refractivity contribution in [3.8, 4) is 0 Å². The Morgan fingerprint density at radius 2 is 2.24 bits per heavy atom. The van der Waals surface area contributed by atoms with Crippen molar-refractivity contribution in [2.24, 2.45) is 0 Å². The number of urea groups is 1. The Morgan fingerprint density at radius 1 is 1.47 bits per heavy atom. The minimum atomic E-state index is -0.358. The molecule has 96 valence electrons. The number of aliphatic hydroxyl groups is 1. The number of nitrogens with zero attached hydrogens (tertiary/aromatic N) is 2. The number of nitrogens with one attached hydrogen (secondary N) is 2. The highest BCUT2D eigenvalue weighted by Gasteiger charge is 2.07. The number of carbonyl (C=O) groups excluding carboxylic acids is 1. The summed E-state index contributed by atoms with van der Waals surface area (Å²) in [6, 6.07) is -0.313. The number of carbonyl (C=O) groups is 1. The van der Waals surface area contributed by atoms with Crippen LogP contribution in [-0.2, 0) is 6.42 Å². The zero-order chi connectivity index (χ0) is 12.7. The highest BCUT2D eigenvalue weighted by atomic mass is 32.1. The van der Waals surface area contributed by atoms with Crippen LogP contribution in [0, 0.1) is 0 Å². The van der Waals surface area contributed by atoms with E-state index in [1.807, 2.05) is 13.8 Å². The van der Waals surface area contributed by atoms with Crippen LogP contribution in [-0.4, -0.2) is 34.0 Å². The predicted molar refractivity (Wildman–Crippen MR) is 67.2 cm³/mol. The maximum absolute atomic E-state index is 11.4. The molecule has 2 amide bonds. The minimum Gasteiger partial charge on any atom is -0.393 e. The van der Waals surface area contributed by atoms with Gasteiger partial charge in [0.2, 0.25) is 5.13 Å². The summed E-state index contributed by atoms with van der Waals surface area (Å²) >= 11 is 1.36. The average Bonchev–Trinajstić information content (AvgIpc) is 2.76. The zero-order valence-electron chi connectivity index (χ0n) is 10.1. The summed E-state index contributed by atoms with van der Waals surface area (Å²) in [7, 11) is 0. The number of hydrogen-bond acceptors (Lipinski definition) is 5. The normalized spacial score (nSPS) is 12.2. The van der Waals surface area contributed by atoms with Crippen LogP contribution < -0.4 is 10.6 Å². The van der Waals surface area contributed by atoms with Gasteiger partial charge in [0.15, 0.2) is 0 Å². The number of aryl methyl sites for hydroxylation is 1. The quantitative estimate of drug-likeness (QED) is 0.719. The lowest BCUT2D eigenvalue weighted by Gasteiger charge is -2.08. The molecule has 0 saturated carbocycles. The maximum atomic E-state index is 11.4. The number of aromatic nitrogens is 2. The Morgan fingerprint density at radius 3 is 2.82 bits per heavy atom. The van der Waals surface area contributed by atoms with E-state index >= 15 is 0 Å². The van der Waals surface area contributed by atoms with Gasteiger partial charge in [0.1, 0.15) is 5.01 Å². The molecule has 1 heterocycles. The minimum absolute atomic E-state index is 0.313. The van der Waals surface area contributed by atoms with Gasteiger partial charge < -0.3 is 10.4 Å². The SMILES string of the molecule is CCc1nnc(NC(=O)NCCC(O)CC)s1. The Labute approximate surface area is 104 Å². The summed E-state index contributed by atoms with van der Waals surface area (Å²) in [5.41, 5.74) is 0. The Kier molecular flexibility index (Phi) is 5.85. The second-order valence-electron chi connectivity index (χ2n) is 3.59. The van der Waals surface area contributed by atoms with Crippen molar-refractivity contribution in [3.63, 3.8) is 0 Å². The Balaban J connectivity index is 2.25. The first-order valence-corrected chi connectivity index (χ1v) is 6.52. The lowest BCUT2D eigenvalue weighted by Crippen LogP contribution is -2.31. The third-order valence-electron chi connectivity index (χ3n) is 2.22. The topological polar surface area (TPSA) is 87.1 Å². The molecule has 0 aliphatic heterocycles. The molecule has 0 aliphatic rings. The number of anilines is 1. The highest BCUT2D eigenvalue weighted by Crippen LogP contribution is 2.14. The molecule has 17 heavy (non-hydrogen) atoms. The summed E-state index contributed by atoms with van der Waals surface area (Å²) in [4.78, 5) is 11.4. The first-order chi connectivity index (χ1) is 8.15. The van der Waals surface area contributed by atoms with Crippen LogP contribution in [0.5, 0.6) is 0 Å². The van der Waals surface area contributed by atoms with Crippen molar-refractivity contribution < 1.29 is 9.90 Å². The molecule has 0 spiro atoms. The van der Waals surface area contributed by atoms with Gasteiger partial charge in [-0.15, -0.1) is 10.2 Å². The molecular formula is C10H18N4O2S. The van der Waals surface area contributed by atoms with Crippen molar-refractivity contribution in [1.82, 2.24) is 15.5 Å². The molecule has 6 nitrogen and oxygen atoms in total. The van der Waals surface area contributed by atoms with Crippen LogP contribution in [0.25, 0.3) is 0 Å². The van der Waals surface area contributed by atoms with Crippen LogP contribution in [0.1, 0.15) is 31.7 Å². The highest BCUT2D eigenvalue weighted by molar-refractivity contribution is 7.15. The Bertz CT molecular complexity index is 356. The first-order valence-electron chi connectivity index (χ1n) is 5.71. The Hall–Kier alpha value is -1.21. The van der Waals surface area contributed by atoms with Crippen LogP contribution in [0.15, 0.2) is 0 Å². The summed E-state index contributed by atoms with van der Waals surface area (Å²) in [5, 5.41) is 23.7. The van der Waals surface area contributed by atoms with Crippen LogP contribution >= 0.6 is 11.3 Å². The second-order valence-corrected chi connectivity index (χ2v) is 4.65. The molecule has 0 bridgehead atoms. The molecule has 1 atom stereocenters. The lowest BCUT2D eigenvalue weighted by molar-refractivity contribution is 0.160. The van der Waals surface area contributed by atoms with Crippen molar-refractivity contribution in [1.29, 1.82) is 0 Å². The van der Waals surface area contributed by atoms with Gasteiger partial charge in [-0.3, -0.25) is 5.32 Å². The molecule has 1 aromatic rings. The molecule has 1 aromatic heterocycles. The van der Waals surface area contributed by atoms with E-state index in [0.717, 1.165) is 11.4 Å². The predicted octanol–water partition coefficient (Wildman–Crippen LogP) is 1.38. The van der Waals surface area contributed by atoms with E-state index in [2.05, 4.69) is 20.8 Å². The molecule has 0 radical (unpaired) electrons. The van der Waals surface area contributed by atoms with Gasteiger partial charge in [0, 0.05) is 6.54 Å². The lowest BCUT2D eigenvalue weighted by atomic mass is 10.2. The van der Waals surface area contributed by atoms with Crippen molar-refractivity contribution in [3.05, 3.63) is 5.01 Å². The maximum Gasteiger partial charge on any atom is 0.321 e. The third-order valence-corrected chi connectivity index (χ3v) is 3.21. The van der Waals surface area contributed by atoms with E-state index in [0.29, 0.717) is 24.5 Å². The van der Waals surface area contributed by atoms with Crippen molar-refractivity contribution in [2.45, 2.75) is 39.2 Å². The smallest absolute Gasteiger partial charge is 0.321 e. The van der Waals surface area contributed by atoms with Gasteiger partial charge in [-0.1, -0.05) is 25.2 Å². The van der Waals surface area contributed by atoms with E-state index in [9.17, 15) is 9.90 Å². The van der Waals surface area contributed by atoms with E-state index < -0.39 is 0 Å². The number of hydrogen-bond donors (Lipinski definition) is 3. The van der Waals surface area contributed by atoms with E-state index in [4.69, 9.17) is 0 Å². The summed E-state index contributed by atoms with van der Waals surface area (Å²) in [6.07, 6.45) is 1.70. The largest absolute Gasteiger partial charge is 0.393 e. The number of rotatable bonds is 6. The number of aliphatic hydroxyl groups excluding tert-OH is 1. The van der Waals surface area contributed by atoms with Gasteiger partial charge in [-0.25, -0.2) is 4.79 Å². The van der Waals surface area contributed by atoms with Crippen LogP contribution in [0.3, 0.4) is 0 Å². The van der Waals surface area contributed by atoms with Gasteiger partial charge >= 0.3 is 6.03 Å². The molecule has 0 aromatic carbocycles. The van der Waals surface area contributed by atoms with Gasteiger partial charge in [0.05, 0.1) is 6.10 Å². The van der Waals surface area contributed by atoms with Gasteiger partial charge in [-0.05, 0) is 19.3 Å². The fraction of sp³-hybridized carbons (Fsp3) is 0.700. The summed E-state index contributed by atoms with van der Waals surface area (Å²) in [5.74, 6) is 0. The fourth-order valence-corrected chi connectivity index (χ4v) is 1.82. The summed E-state index contributed by atoms with van der Waals surface area (Å²) < 4.78 is 0. The number of amides is 2. The molecule has 1 rings (SSSR count). The molecule has 0 aliphatic carbocycles. The zero-order valence-corrected chi connectivity index (χ0v) is 10.9. The molecule has 0 saturated heterocycles. The first kappa shape index (κ1) is 13.9. The molecule has 0 fully saturated rings. The van der Waals surface area contributed by atoms with Crippen LogP contribution in [0.4, 0.5) is 9.93 Å². The monoisotopic (exact) mass is 258 g/mol. The van der Waals surface area contributed by atoms with Gasteiger partial charge in [0.25, 0.3) is 0 Å². The van der Waals surface area contributed by atoms with E-state index in [-0.39, 0.29) is 12.1 Å². The standard InChI is InChI=1S/C10H18N4O2S/c1-3-7(15)5-6-11-9(16)12-10-14-13-8(4-2)17-10/h7,15H,3-6H2,1-2H3,(H2,11,12,14,16). The van der Waals surface area contributed by atoms with Crippen molar-refractivity contribution in [2.75, 3.05) is 11.9 Å². The summed E-state index contributed by atoms with van der Waals surface area (Å²) in [6.45, 7) is 4.33. The van der Waals surface area contributed by atoms with Gasteiger partial charge in [-0.2, -0.15) is 0 Å². The molecular weight excluding hydrogens is 240 g/mol. The molecule has 1 unspecified atom stereocenters. The fourth-order valence-electron chi connectivity index (χ4n) is 1.14. The molecule has 3 N–H and O–H groups in total. The average molecular weight is 258 g/mol. The van der Waals surface area contributed by atoms with Crippen LogP contribution in [0.2, 0.25) is 0 Å². The molecule has 7 heteroatoms. The van der Waals surface area contributed by atoms with Crippen molar-refractivity contribution >= 4 is 22.5 Å². The third kappa shape index (κ3) is 5.10. The second kappa shape index (κ2) is 7.18. The van der Waals surface area contributed by atoms with E-state index in [1.165, 1.54) is 11.3 Å². The van der Waals surface area contributed by atoms with E-state index in [1.54, 1.807) is 0 Å².